The van der Waals surface area contributed by atoms with Crippen LogP contribution in [0.2, 0.25) is 0 Å². The van der Waals surface area contributed by atoms with Crippen molar-refractivity contribution in [1.29, 1.82) is 0 Å². The molecule has 0 saturated heterocycles. The first-order valence-corrected chi connectivity index (χ1v) is 7.54. The van der Waals surface area contributed by atoms with Gasteiger partial charge in [-0.2, -0.15) is 0 Å². The average molecular weight is 292 g/mol. The number of ketones is 1. The van der Waals surface area contributed by atoms with Crippen molar-refractivity contribution in [3.05, 3.63) is 56.8 Å². The molecule has 0 spiro atoms. The predicted molar refractivity (Wildman–Crippen MR) is 75.4 cm³/mol. The Morgan fingerprint density at radius 1 is 1.15 bits per heavy atom. The van der Waals surface area contributed by atoms with Gasteiger partial charge in [0.1, 0.15) is 11.6 Å². The van der Waals surface area contributed by atoms with Gasteiger partial charge in [0.2, 0.25) is 0 Å². The maximum absolute atomic E-state index is 13.6. The van der Waals surface area contributed by atoms with Gasteiger partial charge in [0.15, 0.2) is 5.78 Å². The van der Waals surface area contributed by atoms with Gasteiger partial charge in [0, 0.05) is 17.4 Å². The summed E-state index contributed by atoms with van der Waals surface area (Å²) in [5, 5.41) is 0. The Bertz CT molecular complexity index is 637. The SMILES string of the molecule is O=C(Cc1ccc(F)cc1F)c1cc2c(s1)CCCC2. The second-order valence-corrected chi connectivity index (χ2v) is 6.24. The Morgan fingerprint density at radius 2 is 1.95 bits per heavy atom. The van der Waals surface area contributed by atoms with Gasteiger partial charge in [-0.1, -0.05) is 6.07 Å². The molecule has 4 heteroatoms. The Balaban J connectivity index is 1.80. The van der Waals surface area contributed by atoms with E-state index in [0.29, 0.717) is 4.88 Å². The second kappa shape index (κ2) is 5.44. The summed E-state index contributed by atoms with van der Waals surface area (Å²) in [6, 6.07) is 5.30. The van der Waals surface area contributed by atoms with E-state index in [1.54, 1.807) is 0 Å². The minimum Gasteiger partial charge on any atom is -0.293 e. The normalized spacial score (nSPS) is 14.1. The van der Waals surface area contributed by atoms with Crippen LogP contribution in [0.1, 0.15) is 38.5 Å². The van der Waals surface area contributed by atoms with Crippen molar-refractivity contribution in [2.75, 3.05) is 0 Å². The Morgan fingerprint density at radius 3 is 2.70 bits per heavy atom. The van der Waals surface area contributed by atoms with Crippen molar-refractivity contribution >= 4 is 17.1 Å². The van der Waals surface area contributed by atoms with Crippen molar-refractivity contribution in [3.8, 4) is 0 Å². The number of thiophene rings is 1. The third kappa shape index (κ3) is 2.66. The van der Waals surface area contributed by atoms with E-state index in [4.69, 9.17) is 0 Å². The summed E-state index contributed by atoms with van der Waals surface area (Å²) in [5.41, 5.74) is 1.52. The molecular formula is C16H14F2OS. The highest BCUT2D eigenvalue weighted by Crippen LogP contribution is 2.30. The monoisotopic (exact) mass is 292 g/mol. The Kier molecular flexibility index (Phi) is 3.66. The number of rotatable bonds is 3. The molecule has 104 valence electrons. The van der Waals surface area contributed by atoms with Crippen LogP contribution in [0.4, 0.5) is 8.78 Å². The zero-order valence-corrected chi connectivity index (χ0v) is 11.7. The second-order valence-electron chi connectivity index (χ2n) is 5.10. The molecule has 0 N–H and O–H groups in total. The zero-order valence-electron chi connectivity index (χ0n) is 10.9. The minimum atomic E-state index is -0.653. The van der Waals surface area contributed by atoms with E-state index >= 15 is 0 Å². The first kappa shape index (κ1) is 13.4. The number of benzene rings is 1. The van der Waals surface area contributed by atoms with E-state index in [9.17, 15) is 13.6 Å². The molecule has 0 amide bonds. The molecule has 1 aliphatic rings. The van der Waals surface area contributed by atoms with E-state index in [1.807, 2.05) is 6.07 Å². The highest BCUT2D eigenvalue weighted by atomic mass is 32.1. The topological polar surface area (TPSA) is 17.1 Å². The van der Waals surface area contributed by atoms with Crippen LogP contribution in [0.15, 0.2) is 24.3 Å². The van der Waals surface area contributed by atoms with Crippen molar-refractivity contribution in [2.45, 2.75) is 32.1 Å². The smallest absolute Gasteiger partial charge is 0.177 e. The number of hydrogen-bond acceptors (Lipinski definition) is 2. The fourth-order valence-electron chi connectivity index (χ4n) is 2.55. The van der Waals surface area contributed by atoms with Crippen LogP contribution >= 0.6 is 11.3 Å². The van der Waals surface area contributed by atoms with Gasteiger partial charge in [-0.05, 0) is 48.9 Å². The zero-order chi connectivity index (χ0) is 14.1. The number of Topliss-reactive ketones (excluding diaryl/α,β-unsaturated/α-hetero) is 1. The number of carbonyl (C=O) groups excluding carboxylic acids is 1. The minimum absolute atomic E-state index is 0.00843. The van der Waals surface area contributed by atoms with Gasteiger partial charge >= 0.3 is 0 Å². The number of halogens is 2. The molecule has 1 heterocycles. The lowest BCUT2D eigenvalue weighted by molar-refractivity contribution is 0.0995. The number of carbonyl (C=O) groups is 1. The van der Waals surface area contributed by atoms with E-state index in [-0.39, 0.29) is 17.8 Å². The van der Waals surface area contributed by atoms with E-state index in [0.717, 1.165) is 18.9 Å². The molecule has 0 saturated carbocycles. The molecule has 0 radical (unpaired) electrons. The maximum Gasteiger partial charge on any atom is 0.177 e. The number of aryl methyl sites for hydroxylation is 2. The van der Waals surface area contributed by atoms with E-state index < -0.39 is 11.6 Å². The van der Waals surface area contributed by atoms with E-state index in [2.05, 4.69) is 0 Å². The van der Waals surface area contributed by atoms with Crippen LogP contribution in [0.25, 0.3) is 0 Å². The number of hydrogen-bond donors (Lipinski definition) is 0. The van der Waals surface area contributed by atoms with Crippen LogP contribution < -0.4 is 0 Å². The standard InChI is InChI=1S/C16H14F2OS/c17-12-6-5-10(13(18)9-12)7-14(19)16-8-11-3-1-2-4-15(11)20-16/h5-6,8-9H,1-4,7H2. The lowest BCUT2D eigenvalue weighted by atomic mass is 9.98. The van der Waals surface area contributed by atoms with Crippen LogP contribution in [-0.2, 0) is 19.3 Å². The molecule has 2 aromatic rings. The summed E-state index contributed by atoms with van der Waals surface area (Å²) < 4.78 is 26.4. The summed E-state index contributed by atoms with van der Waals surface area (Å²) in [6.45, 7) is 0. The fraction of sp³-hybridized carbons (Fsp3) is 0.312. The Hall–Kier alpha value is -1.55. The Labute approximate surface area is 120 Å². The summed E-state index contributed by atoms with van der Waals surface area (Å²) in [4.78, 5) is 14.2. The van der Waals surface area contributed by atoms with Crippen molar-refractivity contribution in [2.24, 2.45) is 0 Å². The van der Waals surface area contributed by atoms with Crippen LogP contribution in [0.3, 0.4) is 0 Å². The molecule has 1 aromatic heterocycles. The summed E-state index contributed by atoms with van der Waals surface area (Å²) in [7, 11) is 0. The lowest BCUT2D eigenvalue weighted by Crippen LogP contribution is -2.03. The molecule has 1 aromatic carbocycles. The van der Waals surface area contributed by atoms with Gasteiger partial charge < -0.3 is 0 Å². The molecule has 0 atom stereocenters. The first-order valence-electron chi connectivity index (χ1n) is 6.72. The van der Waals surface area contributed by atoms with Crippen LogP contribution in [-0.4, -0.2) is 5.78 Å². The quantitative estimate of drug-likeness (QED) is 0.770. The van der Waals surface area contributed by atoms with Gasteiger partial charge in [0.25, 0.3) is 0 Å². The molecular weight excluding hydrogens is 278 g/mol. The third-order valence-electron chi connectivity index (χ3n) is 3.64. The van der Waals surface area contributed by atoms with Crippen LogP contribution in [0.5, 0.6) is 0 Å². The largest absolute Gasteiger partial charge is 0.293 e. The molecule has 3 rings (SSSR count). The van der Waals surface area contributed by atoms with Crippen molar-refractivity contribution in [1.82, 2.24) is 0 Å². The van der Waals surface area contributed by atoms with Gasteiger partial charge in [-0.25, -0.2) is 8.78 Å². The first-order chi connectivity index (χ1) is 9.63. The molecule has 0 fully saturated rings. The average Bonchev–Trinajstić information content (AvgIpc) is 2.86. The van der Waals surface area contributed by atoms with E-state index in [1.165, 1.54) is 46.8 Å². The van der Waals surface area contributed by atoms with Gasteiger partial charge in [-0.15, -0.1) is 11.3 Å². The summed E-state index contributed by atoms with van der Waals surface area (Å²) in [5.74, 6) is -1.36. The molecule has 0 unspecified atom stereocenters. The molecule has 0 aliphatic heterocycles. The third-order valence-corrected chi connectivity index (χ3v) is 4.92. The molecule has 1 nitrogen and oxygen atoms in total. The number of fused-ring (bicyclic) bond motifs is 1. The highest BCUT2D eigenvalue weighted by Gasteiger charge is 2.18. The molecule has 20 heavy (non-hydrogen) atoms. The summed E-state index contributed by atoms with van der Waals surface area (Å²) in [6.07, 6.45) is 4.41. The summed E-state index contributed by atoms with van der Waals surface area (Å²) >= 11 is 1.53. The fourth-order valence-corrected chi connectivity index (χ4v) is 3.74. The van der Waals surface area contributed by atoms with Crippen molar-refractivity contribution in [3.63, 3.8) is 0 Å². The molecule has 1 aliphatic carbocycles. The van der Waals surface area contributed by atoms with Gasteiger partial charge in [-0.3, -0.25) is 4.79 Å². The maximum atomic E-state index is 13.6. The lowest BCUT2D eigenvalue weighted by Gasteiger charge is -2.08. The van der Waals surface area contributed by atoms with Crippen LogP contribution in [0, 0.1) is 11.6 Å². The predicted octanol–water partition coefficient (Wildman–Crippen LogP) is 4.33. The highest BCUT2D eigenvalue weighted by molar-refractivity contribution is 7.14. The van der Waals surface area contributed by atoms with Crippen molar-refractivity contribution < 1.29 is 13.6 Å². The molecule has 0 bridgehead atoms. The van der Waals surface area contributed by atoms with Gasteiger partial charge in [0.05, 0.1) is 4.88 Å².